The van der Waals surface area contributed by atoms with Crippen LogP contribution < -0.4 is 0 Å². The Labute approximate surface area is 57.4 Å². The van der Waals surface area contributed by atoms with Crippen LogP contribution in [-0.4, -0.2) is 20.7 Å². The fourth-order valence-electron chi connectivity index (χ4n) is 0.217. The molecule has 0 amide bonds. The first kappa shape index (κ1) is 9.55. The maximum Gasteiger partial charge on any atom is 0.550 e. The van der Waals surface area contributed by atoms with E-state index < -0.39 is 7.82 Å². The average Bonchev–Trinajstić information content (AvgIpc) is 2.00. The molecule has 0 atom stereocenters. The first-order valence-corrected chi connectivity index (χ1v) is 3.67. The summed E-state index contributed by atoms with van der Waals surface area (Å²) in [5, 5.41) is 2.58. The van der Waals surface area contributed by atoms with Crippen LogP contribution in [0.4, 0.5) is 4.39 Å². The minimum atomic E-state index is -3.64. The maximum absolute atomic E-state index is 11.1. The van der Waals surface area contributed by atoms with Gasteiger partial charge in [-0.05, 0) is 0 Å². The molecule has 0 radical (unpaired) electrons. The summed E-state index contributed by atoms with van der Waals surface area (Å²) >= 11 is 0. The SMILES string of the molecule is COP(=O)(OC)ON=CF. The number of oxime groups is 1. The Kier molecular flexibility index (Phi) is 4.18. The second-order valence-corrected chi connectivity index (χ2v) is 2.89. The topological polar surface area (TPSA) is 57.1 Å². The van der Waals surface area contributed by atoms with Crippen LogP contribution in [0.2, 0.25) is 0 Å². The van der Waals surface area contributed by atoms with Crippen molar-refractivity contribution in [3.63, 3.8) is 0 Å². The Morgan fingerprint density at radius 1 is 1.50 bits per heavy atom. The molecule has 0 N–H and O–H groups in total. The number of hydrogen-bond acceptors (Lipinski definition) is 5. The fraction of sp³-hybridized carbons (Fsp3) is 0.667. The van der Waals surface area contributed by atoms with E-state index >= 15 is 0 Å². The molecule has 0 spiro atoms. The molecule has 0 unspecified atom stereocenters. The van der Waals surface area contributed by atoms with E-state index in [4.69, 9.17) is 0 Å². The third-order valence-electron chi connectivity index (χ3n) is 0.634. The summed E-state index contributed by atoms with van der Waals surface area (Å²) in [5.74, 6) is 0. The average molecular weight is 171 g/mol. The number of nitrogens with zero attached hydrogens (tertiary/aromatic N) is 1. The fourth-order valence-corrected chi connectivity index (χ4v) is 0.650. The number of phosphoric ester groups is 1. The summed E-state index contributed by atoms with van der Waals surface area (Å²) in [6, 6.07) is 0. The number of rotatable bonds is 4. The molecule has 0 rings (SSSR count). The van der Waals surface area contributed by atoms with Crippen molar-refractivity contribution in [2.24, 2.45) is 5.16 Å². The molecule has 0 fully saturated rings. The van der Waals surface area contributed by atoms with Gasteiger partial charge in [0.15, 0.2) is 0 Å². The summed E-state index contributed by atoms with van der Waals surface area (Å²) < 4.78 is 34.3. The van der Waals surface area contributed by atoms with Crippen LogP contribution in [0.3, 0.4) is 0 Å². The lowest BCUT2D eigenvalue weighted by Gasteiger charge is -2.07. The predicted octanol–water partition coefficient (Wildman–Crippen LogP) is 1.32. The van der Waals surface area contributed by atoms with E-state index in [1.165, 1.54) is 0 Å². The van der Waals surface area contributed by atoms with Gasteiger partial charge in [0, 0.05) is 14.2 Å². The monoisotopic (exact) mass is 171 g/mol. The molecule has 0 aromatic heterocycles. The van der Waals surface area contributed by atoms with Gasteiger partial charge in [-0.2, -0.15) is 4.39 Å². The second-order valence-electron chi connectivity index (χ2n) is 1.10. The van der Waals surface area contributed by atoms with E-state index in [9.17, 15) is 8.96 Å². The van der Waals surface area contributed by atoms with Crippen LogP contribution in [0.15, 0.2) is 5.16 Å². The zero-order valence-corrected chi connectivity index (χ0v) is 6.38. The van der Waals surface area contributed by atoms with Crippen molar-refractivity contribution in [2.75, 3.05) is 14.2 Å². The van der Waals surface area contributed by atoms with Crippen molar-refractivity contribution in [1.29, 1.82) is 0 Å². The molecule has 0 aliphatic carbocycles. The first-order chi connectivity index (χ1) is 4.68. The summed E-state index contributed by atoms with van der Waals surface area (Å²) in [7, 11) is -1.45. The quantitative estimate of drug-likeness (QED) is 0.363. The van der Waals surface area contributed by atoms with Crippen molar-refractivity contribution in [1.82, 2.24) is 0 Å². The number of hydrogen-bond donors (Lipinski definition) is 0. The van der Waals surface area contributed by atoms with Gasteiger partial charge in [0.05, 0.1) is 0 Å². The Hall–Kier alpha value is -0.450. The lowest BCUT2D eigenvalue weighted by molar-refractivity contribution is 0.156. The van der Waals surface area contributed by atoms with E-state index in [0.717, 1.165) is 14.2 Å². The lowest BCUT2D eigenvalue weighted by Crippen LogP contribution is -1.88. The first-order valence-electron chi connectivity index (χ1n) is 2.21. The molecule has 0 heterocycles. The summed E-state index contributed by atoms with van der Waals surface area (Å²) in [6.07, 6.45) is 0. The molecule has 10 heavy (non-hydrogen) atoms. The van der Waals surface area contributed by atoms with E-state index in [0.29, 0.717) is 0 Å². The van der Waals surface area contributed by atoms with Crippen molar-refractivity contribution >= 4 is 14.3 Å². The van der Waals surface area contributed by atoms with Crippen LogP contribution in [0, 0.1) is 0 Å². The van der Waals surface area contributed by atoms with Crippen molar-refractivity contribution < 1.29 is 22.6 Å². The Bertz CT molecular complexity index is 153. The highest BCUT2D eigenvalue weighted by Crippen LogP contribution is 2.47. The molecule has 0 bridgehead atoms. The third-order valence-corrected chi connectivity index (χ3v) is 1.82. The molecular weight excluding hydrogens is 164 g/mol. The van der Waals surface area contributed by atoms with Gasteiger partial charge in [-0.25, -0.2) is 4.57 Å². The highest BCUT2D eigenvalue weighted by molar-refractivity contribution is 7.48. The van der Waals surface area contributed by atoms with Crippen LogP contribution in [0.1, 0.15) is 0 Å². The molecule has 0 aliphatic rings. The Balaban J connectivity index is 3.94. The normalized spacial score (nSPS) is 12.3. The highest BCUT2D eigenvalue weighted by Gasteiger charge is 2.23. The minimum Gasteiger partial charge on any atom is -0.290 e. The van der Waals surface area contributed by atoms with Crippen LogP contribution in [-0.2, 0) is 18.2 Å². The van der Waals surface area contributed by atoms with Crippen LogP contribution in [0.5, 0.6) is 0 Å². The third kappa shape index (κ3) is 2.91. The molecule has 5 nitrogen and oxygen atoms in total. The van der Waals surface area contributed by atoms with Gasteiger partial charge in [0.2, 0.25) is 6.47 Å². The minimum absolute atomic E-state index is 0.162. The van der Waals surface area contributed by atoms with Crippen LogP contribution in [0.25, 0.3) is 0 Å². The summed E-state index contributed by atoms with van der Waals surface area (Å²) in [5.41, 5.74) is 0. The maximum atomic E-state index is 11.1. The zero-order chi connectivity index (χ0) is 8.04. The van der Waals surface area contributed by atoms with Gasteiger partial charge in [-0.1, -0.05) is 5.16 Å². The summed E-state index contributed by atoms with van der Waals surface area (Å²) in [4.78, 5) is 0. The van der Waals surface area contributed by atoms with Gasteiger partial charge in [-0.15, -0.1) is 0 Å². The Morgan fingerprint density at radius 2 is 2.00 bits per heavy atom. The standard InChI is InChI=1S/C3H7FNO4P/c1-7-10(6,8-2)9-5-3-4/h3H,1-2H3. The van der Waals surface area contributed by atoms with Gasteiger partial charge in [0.25, 0.3) is 0 Å². The molecule has 60 valence electrons. The van der Waals surface area contributed by atoms with Crippen molar-refractivity contribution in [3.8, 4) is 0 Å². The lowest BCUT2D eigenvalue weighted by atomic mass is 11.6. The largest absolute Gasteiger partial charge is 0.550 e. The van der Waals surface area contributed by atoms with E-state index in [1.807, 2.05) is 0 Å². The van der Waals surface area contributed by atoms with Gasteiger partial charge in [-0.3, -0.25) is 13.7 Å². The molecule has 0 aromatic carbocycles. The molecule has 0 aromatic rings. The molecule has 0 aliphatic heterocycles. The second kappa shape index (κ2) is 4.38. The van der Waals surface area contributed by atoms with Gasteiger partial charge < -0.3 is 0 Å². The van der Waals surface area contributed by atoms with Crippen molar-refractivity contribution in [3.05, 3.63) is 0 Å². The van der Waals surface area contributed by atoms with Gasteiger partial charge >= 0.3 is 7.82 Å². The van der Waals surface area contributed by atoms with E-state index in [2.05, 4.69) is 18.8 Å². The zero-order valence-electron chi connectivity index (χ0n) is 5.48. The molecular formula is C3H7FNO4P. The van der Waals surface area contributed by atoms with Crippen LogP contribution >= 0.6 is 7.82 Å². The van der Waals surface area contributed by atoms with Gasteiger partial charge in [0.1, 0.15) is 0 Å². The van der Waals surface area contributed by atoms with Crippen molar-refractivity contribution in [2.45, 2.75) is 0 Å². The molecule has 7 heteroatoms. The molecule has 0 saturated carbocycles. The van der Waals surface area contributed by atoms with E-state index in [-0.39, 0.29) is 6.47 Å². The molecule has 0 saturated heterocycles. The highest BCUT2D eigenvalue weighted by atomic mass is 31.2. The van der Waals surface area contributed by atoms with E-state index in [1.54, 1.807) is 0 Å². The number of halogens is 1. The Morgan fingerprint density at radius 3 is 2.30 bits per heavy atom. The smallest absolute Gasteiger partial charge is 0.290 e. The number of phosphoric acid groups is 1. The predicted molar refractivity (Wildman–Crippen MR) is 32.3 cm³/mol. The summed E-state index contributed by atoms with van der Waals surface area (Å²) in [6.45, 7) is -0.162.